The van der Waals surface area contributed by atoms with E-state index in [1.165, 1.54) is 24.6 Å². The molecule has 2 atom stereocenters. The number of benzene rings is 2. The first-order valence-electron chi connectivity index (χ1n) is 9.93. The lowest BCUT2D eigenvalue weighted by Gasteiger charge is -2.32. The molecule has 0 bridgehead atoms. The van der Waals surface area contributed by atoms with E-state index < -0.39 is 10.1 Å². The number of hydrogen-bond donors (Lipinski definition) is 2. The summed E-state index contributed by atoms with van der Waals surface area (Å²) >= 11 is 0. The minimum Gasteiger partial charge on any atom is -0.493 e. The van der Waals surface area contributed by atoms with E-state index in [0.717, 1.165) is 36.8 Å². The first kappa shape index (κ1) is 25.4. The highest BCUT2D eigenvalue weighted by atomic mass is 32.2. The lowest BCUT2D eigenvalue weighted by molar-refractivity contribution is 0.173. The van der Waals surface area contributed by atoms with E-state index in [2.05, 4.69) is 5.32 Å². The maximum atomic E-state index is 13.2. The topological polar surface area (TPSA) is 118 Å². The standard InChI is InChI=1S/C19H20FNO3.C2H3N.CH4O3S/c20-15-3-1-13(2-4-15)17-7-8-21-10-14(17)11-22-16-5-6-18-19(9-16)24-12-23-18;1-2-3;1-5(2,3)4/h1-6,9,14,17,21H,7-8,10-12H2;1H3;1H3,(H,2,3,4)/t14-,17-;;/m0../s1. The molecule has 2 aromatic carbocycles. The van der Waals surface area contributed by atoms with Crippen LogP contribution in [-0.4, -0.2) is 45.7 Å². The summed E-state index contributed by atoms with van der Waals surface area (Å²) in [5.41, 5.74) is 1.18. The van der Waals surface area contributed by atoms with Crippen molar-refractivity contribution >= 4 is 10.1 Å². The van der Waals surface area contributed by atoms with Crippen molar-refractivity contribution in [3.8, 4) is 23.3 Å². The second-order valence-electron chi connectivity index (χ2n) is 7.19. The van der Waals surface area contributed by atoms with Gasteiger partial charge in [0.05, 0.1) is 18.9 Å². The van der Waals surface area contributed by atoms with Gasteiger partial charge >= 0.3 is 0 Å². The number of hydrogen-bond acceptors (Lipinski definition) is 7. The van der Waals surface area contributed by atoms with Gasteiger partial charge in [0.15, 0.2) is 11.5 Å². The molecule has 8 nitrogen and oxygen atoms in total. The largest absolute Gasteiger partial charge is 0.493 e. The quantitative estimate of drug-likeness (QED) is 0.659. The first-order valence-corrected chi connectivity index (χ1v) is 11.8. The van der Waals surface area contributed by atoms with Crippen LogP contribution in [0.15, 0.2) is 42.5 Å². The van der Waals surface area contributed by atoms with E-state index in [0.29, 0.717) is 24.7 Å². The minimum absolute atomic E-state index is 0.194. The molecule has 0 radical (unpaired) electrons. The summed E-state index contributed by atoms with van der Waals surface area (Å²) in [6.07, 6.45) is 1.74. The molecule has 0 amide bonds. The molecule has 2 aliphatic heterocycles. The molecular formula is C22H27FN2O6S. The summed E-state index contributed by atoms with van der Waals surface area (Å²) in [7, 11) is -3.67. The van der Waals surface area contributed by atoms with Gasteiger partial charge < -0.3 is 19.5 Å². The molecule has 2 aliphatic rings. The number of rotatable bonds is 4. The highest BCUT2D eigenvalue weighted by molar-refractivity contribution is 7.85. The Kier molecular flexibility index (Phi) is 9.71. The maximum absolute atomic E-state index is 13.2. The van der Waals surface area contributed by atoms with Gasteiger partial charge in [-0.3, -0.25) is 4.55 Å². The molecule has 32 heavy (non-hydrogen) atoms. The normalized spacial score (nSPS) is 18.8. The number of nitriles is 1. The fraction of sp³-hybridized carbons (Fsp3) is 0.409. The average Bonchev–Trinajstić information content (AvgIpc) is 3.20. The van der Waals surface area contributed by atoms with Crippen LogP contribution in [0.3, 0.4) is 0 Å². The molecule has 2 heterocycles. The monoisotopic (exact) mass is 466 g/mol. The maximum Gasteiger partial charge on any atom is 0.261 e. The van der Waals surface area contributed by atoms with E-state index in [1.807, 2.05) is 30.3 Å². The van der Waals surface area contributed by atoms with Gasteiger partial charge in [0.25, 0.3) is 10.1 Å². The molecule has 2 aromatic rings. The van der Waals surface area contributed by atoms with Crippen LogP contribution in [-0.2, 0) is 10.1 Å². The Labute approximate surface area is 187 Å². The van der Waals surface area contributed by atoms with Crippen molar-refractivity contribution in [2.45, 2.75) is 19.3 Å². The number of nitrogens with zero attached hydrogens (tertiary/aromatic N) is 1. The zero-order chi connectivity index (χ0) is 23.6. The Balaban J connectivity index is 0.000000395. The fourth-order valence-electron chi connectivity index (χ4n) is 3.42. The van der Waals surface area contributed by atoms with Gasteiger partial charge in [0.2, 0.25) is 6.79 Å². The van der Waals surface area contributed by atoms with Crippen LogP contribution >= 0.6 is 0 Å². The second-order valence-corrected chi connectivity index (χ2v) is 8.66. The molecule has 174 valence electrons. The smallest absolute Gasteiger partial charge is 0.261 e. The highest BCUT2D eigenvalue weighted by Gasteiger charge is 2.27. The van der Waals surface area contributed by atoms with E-state index in [-0.39, 0.29) is 12.6 Å². The zero-order valence-electron chi connectivity index (χ0n) is 18.0. The molecule has 0 spiro atoms. The third-order valence-corrected chi connectivity index (χ3v) is 4.71. The molecule has 10 heteroatoms. The van der Waals surface area contributed by atoms with Gasteiger partial charge in [-0.2, -0.15) is 13.7 Å². The molecule has 0 aromatic heterocycles. The number of nitrogens with one attached hydrogen (secondary N) is 1. The third kappa shape index (κ3) is 8.70. The lowest BCUT2D eigenvalue weighted by Crippen LogP contribution is -2.38. The number of halogens is 1. The Morgan fingerprint density at radius 2 is 1.84 bits per heavy atom. The lowest BCUT2D eigenvalue weighted by atomic mass is 9.81. The number of ether oxygens (including phenoxy) is 3. The van der Waals surface area contributed by atoms with Gasteiger partial charge in [-0.25, -0.2) is 4.39 Å². The van der Waals surface area contributed by atoms with Crippen molar-refractivity contribution < 1.29 is 31.6 Å². The van der Waals surface area contributed by atoms with Crippen molar-refractivity contribution in [1.29, 1.82) is 5.26 Å². The molecule has 0 aliphatic carbocycles. The molecule has 1 fully saturated rings. The molecular weight excluding hydrogens is 439 g/mol. The van der Waals surface area contributed by atoms with Crippen molar-refractivity contribution in [3.63, 3.8) is 0 Å². The molecule has 0 saturated carbocycles. The van der Waals surface area contributed by atoms with Gasteiger partial charge in [-0.15, -0.1) is 0 Å². The summed E-state index contributed by atoms with van der Waals surface area (Å²) < 4.78 is 55.7. The average molecular weight is 467 g/mol. The van der Waals surface area contributed by atoms with Gasteiger partial charge in [0, 0.05) is 25.5 Å². The van der Waals surface area contributed by atoms with Crippen molar-refractivity contribution in [1.82, 2.24) is 5.32 Å². The SMILES string of the molecule is CC#N.CS(=O)(=O)O.Fc1ccc([C@@H]2CCNC[C@H]2COc2ccc3c(c2)OCO3)cc1. The van der Waals surface area contributed by atoms with Crippen molar-refractivity contribution in [2.24, 2.45) is 5.92 Å². The van der Waals surface area contributed by atoms with E-state index in [9.17, 15) is 12.8 Å². The zero-order valence-corrected chi connectivity index (χ0v) is 18.8. The van der Waals surface area contributed by atoms with Gasteiger partial charge in [-0.1, -0.05) is 12.1 Å². The minimum atomic E-state index is -3.67. The second kappa shape index (κ2) is 12.2. The molecule has 1 saturated heterocycles. The summed E-state index contributed by atoms with van der Waals surface area (Å²) in [5.74, 6) is 2.79. The van der Waals surface area contributed by atoms with Crippen LogP contribution < -0.4 is 19.5 Å². The summed E-state index contributed by atoms with van der Waals surface area (Å²) in [6.45, 7) is 4.17. The van der Waals surface area contributed by atoms with Crippen molar-refractivity contribution in [3.05, 3.63) is 53.8 Å². The molecule has 0 unspecified atom stereocenters. The number of piperidine rings is 1. The van der Waals surface area contributed by atoms with Gasteiger partial charge in [-0.05, 0) is 48.7 Å². The summed E-state index contributed by atoms with van der Waals surface area (Å²) in [5, 5.41) is 10.7. The number of fused-ring (bicyclic) bond motifs is 1. The first-order chi connectivity index (χ1) is 15.2. The molecule has 4 rings (SSSR count). The summed E-state index contributed by atoms with van der Waals surface area (Å²) in [6, 6.07) is 14.2. The van der Waals surface area contributed by atoms with E-state index in [4.69, 9.17) is 24.0 Å². The van der Waals surface area contributed by atoms with Crippen molar-refractivity contribution in [2.75, 3.05) is 32.7 Å². The Morgan fingerprint density at radius 3 is 2.50 bits per heavy atom. The van der Waals surface area contributed by atoms with Crippen LogP contribution in [0.25, 0.3) is 0 Å². The summed E-state index contributed by atoms with van der Waals surface area (Å²) in [4.78, 5) is 0. The van der Waals surface area contributed by atoms with E-state index >= 15 is 0 Å². The van der Waals surface area contributed by atoms with Gasteiger partial charge in [0.1, 0.15) is 11.6 Å². The Morgan fingerprint density at radius 1 is 1.22 bits per heavy atom. The fourth-order valence-corrected chi connectivity index (χ4v) is 3.42. The third-order valence-electron chi connectivity index (χ3n) is 4.71. The predicted octanol–water partition coefficient (Wildman–Crippen LogP) is 3.36. The van der Waals surface area contributed by atoms with Crippen LogP contribution in [0.4, 0.5) is 4.39 Å². The highest BCUT2D eigenvalue weighted by Crippen LogP contribution is 2.36. The van der Waals surface area contributed by atoms with E-state index in [1.54, 1.807) is 6.07 Å². The van der Waals surface area contributed by atoms with Crippen LogP contribution in [0.2, 0.25) is 0 Å². The predicted molar refractivity (Wildman–Crippen MR) is 117 cm³/mol. The van der Waals surface area contributed by atoms with Crippen LogP contribution in [0, 0.1) is 23.1 Å². The van der Waals surface area contributed by atoms with Crippen LogP contribution in [0.5, 0.6) is 17.2 Å². The Hall–Kier alpha value is -2.87. The Bertz CT molecular complexity index is 1000. The molecule has 2 N–H and O–H groups in total. The van der Waals surface area contributed by atoms with Crippen LogP contribution in [0.1, 0.15) is 24.8 Å².